The number of halogens is 1. The molecule has 3 heteroatoms. The van der Waals surface area contributed by atoms with E-state index in [4.69, 9.17) is 0 Å². The van der Waals surface area contributed by atoms with Crippen LogP contribution in [0.1, 0.15) is 20.8 Å². The summed E-state index contributed by atoms with van der Waals surface area (Å²) in [4.78, 5) is 0. The van der Waals surface area contributed by atoms with E-state index in [1.54, 1.807) is 20.8 Å². The molecule has 0 saturated heterocycles. The van der Waals surface area contributed by atoms with Crippen molar-refractivity contribution >= 4 is 23.4 Å². The van der Waals surface area contributed by atoms with Gasteiger partial charge in [-0.3, -0.25) is 0 Å². The Morgan fingerprint density at radius 2 is 0.667 bits per heavy atom. The third kappa shape index (κ3) is 363. The quantitative estimate of drug-likeness (QED) is 0.429. The van der Waals surface area contributed by atoms with Gasteiger partial charge < -0.3 is 20.8 Å². The van der Waals surface area contributed by atoms with E-state index in [-0.39, 0.29) is 42.9 Å². The minimum atomic E-state index is 0. The number of rotatable bonds is 0. The molecule has 60 valence electrons. The normalized spacial score (nSPS) is 2.00. The van der Waals surface area contributed by atoms with Gasteiger partial charge in [-0.15, -0.1) is 12.4 Å². The van der Waals surface area contributed by atoms with Gasteiger partial charge in [0.1, 0.15) is 0 Å². The van der Waals surface area contributed by atoms with E-state index in [0.29, 0.717) is 0 Å². The van der Waals surface area contributed by atoms with Gasteiger partial charge in [0.05, 0.1) is 0 Å². The molecule has 0 bridgehead atoms. The van der Waals surface area contributed by atoms with Crippen LogP contribution in [0, 0.1) is 20.8 Å². The van der Waals surface area contributed by atoms with Crippen LogP contribution in [0.15, 0.2) is 0 Å². The minimum absolute atomic E-state index is 0. The van der Waals surface area contributed by atoms with Crippen molar-refractivity contribution in [2.24, 2.45) is 0 Å². The molecule has 0 aliphatic rings. The first-order chi connectivity index (χ1) is 3.00. The van der Waals surface area contributed by atoms with Gasteiger partial charge in [0.25, 0.3) is 0 Å². The summed E-state index contributed by atoms with van der Waals surface area (Å²) in [5.41, 5.74) is 0. The summed E-state index contributed by atoms with van der Waals surface area (Å²) in [7, 11) is 0. The fourth-order valence-electron chi connectivity index (χ4n) is 0. The van der Waals surface area contributed by atoms with Crippen LogP contribution in [0.3, 0.4) is 0 Å². The van der Waals surface area contributed by atoms with Gasteiger partial charge in [-0.2, -0.15) is 20.8 Å². The fourth-order valence-corrected chi connectivity index (χ4v) is 0. The molecular weight excluding hydrogens is 201 g/mol. The zero-order valence-electron chi connectivity index (χ0n) is 6.24. The van der Waals surface area contributed by atoms with Crippen LogP contribution in [0.25, 0.3) is 0 Å². The van der Waals surface area contributed by atoms with Crippen molar-refractivity contribution in [2.45, 2.75) is 20.8 Å². The van der Waals surface area contributed by atoms with Gasteiger partial charge in [-0.05, 0) is 11.0 Å². The van der Waals surface area contributed by atoms with E-state index in [1.807, 2.05) is 0 Å². The van der Waals surface area contributed by atoms with E-state index in [1.165, 1.54) is 0 Å². The molecule has 0 nitrogen and oxygen atoms in total. The number of hydrogen-bond acceptors (Lipinski definition) is 0. The molecule has 0 aliphatic carbocycles. The van der Waals surface area contributed by atoms with Gasteiger partial charge in [0.2, 0.25) is 0 Å². The molecule has 0 aromatic carbocycles. The Labute approximate surface area is 84.4 Å². The van der Waals surface area contributed by atoms with Gasteiger partial charge in [-0.25, -0.2) is 0 Å². The molecule has 0 spiro atoms. The molecule has 0 N–H and O–H groups in total. The Morgan fingerprint density at radius 1 is 0.667 bits per heavy atom. The molecule has 0 aromatic heterocycles. The first-order valence-corrected chi connectivity index (χ1v) is 2.12. The topological polar surface area (TPSA) is 0 Å². The fraction of sp³-hybridized carbons (Fsp3) is 0.500. The Balaban J connectivity index is -0.00000000321. The van der Waals surface area contributed by atoms with E-state index in [9.17, 15) is 0 Å². The Morgan fingerprint density at radius 3 is 0.667 bits per heavy atom. The van der Waals surface area contributed by atoms with Gasteiger partial charge in [0, 0.05) is 19.5 Å². The molecule has 0 fully saturated rings. The first-order valence-electron chi connectivity index (χ1n) is 2.12. The summed E-state index contributed by atoms with van der Waals surface area (Å²) in [5, 5.41) is 0. The van der Waals surface area contributed by atoms with Crippen LogP contribution in [-0.4, -0.2) is 11.0 Å². The molecule has 0 saturated carbocycles. The van der Waals surface area contributed by atoms with Crippen LogP contribution < -0.4 is 0 Å². The molecule has 0 rings (SSSR count). The van der Waals surface area contributed by atoms with Gasteiger partial charge >= 0.3 is 0 Å². The Kier molecular flexibility index (Phi) is 2600. The van der Waals surface area contributed by atoms with Crippen molar-refractivity contribution < 1.29 is 19.5 Å². The zero-order chi connectivity index (χ0) is 6.00. The summed E-state index contributed by atoms with van der Waals surface area (Å²) in [6.07, 6.45) is 0. The molecular formula is C6H20ClSiZn-3. The van der Waals surface area contributed by atoms with Crippen molar-refractivity contribution in [3.8, 4) is 0 Å². The standard InChI is InChI=1S/3C2H5.ClH.H4Si.Zn/c3*1-2;;;/h3*1H2,2H3;1H;1H4;/q3*-1;;;. The molecule has 0 unspecified atom stereocenters. The smallest absolute Gasteiger partial charge is 0 e. The third-order valence-corrected chi connectivity index (χ3v) is 0. The minimum Gasteiger partial charge on any atom is -0.346 e. The third-order valence-electron chi connectivity index (χ3n) is 0. The molecule has 0 radical (unpaired) electrons. The average molecular weight is 221 g/mol. The maximum Gasteiger partial charge on any atom is 0 e. The number of hydrogen-bond donors (Lipinski definition) is 0. The second kappa shape index (κ2) is 472. The zero-order valence-corrected chi connectivity index (χ0v) is 10.0. The summed E-state index contributed by atoms with van der Waals surface area (Å²) >= 11 is 0. The summed E-state index contributed by atoms with van der Waals surface area (Å²) in [5.74, 6) is 0. The molecule has 0 atom stereocenters. The largest absolute Gasteiger partial charge is 0.346 e. The van der Waals surface area contributed by atoms with E-state index in [2.05, 4.69) is 20.8 Å². The molecule has 0 heterocycles. The summed E-state index contributed by atoms with van der Waals surface area (Å²) in [6, 6.07) is 0. The predicted molar refractivity (Wildman–Crippen MR) is 51.7 cm³/mol. The van der Waals surface area contributed by atoms with E-state index >= 15 is 0 Å². The molecule has 0 aliphatic heterocycles. The molecule has 0 aromatic rings. The molecule has 9 heavy (non-hydrogen) atoms. The van der Waals surface area contributed by atoms with Crippen molar-refractivity contribution in [2.75, 3.05) is 0 Å². The van der Waals surface area contributed by atoms with Crippen molar-refractivity contribution in [3.05, 3.63) is 20.8 Å². The maximum absolute atomic E-state index is 3.25. The van der Waals surface area contributed by atoms with Gasteiger partial charge in [-0.1, -0.05) is 0 Å². The van der Waals surface area contributed by atoms with Crippen LogP contribution in [0.2, 0.25) is 0 Å². The van der Waals surface area contributed by atoms with Crippen LogP contribution >= 0.6 is 12.4 Å². The predicted octanol–water partition coefficient (Wildman–Crippen LogP) is 1.49. The van der Waals surface area contributed by atoms with Crippen LogP contribution in [0.4, 0.5) is 0 Å². The van der Waals surface area contributed by atoms with Crippen LogP contribution in [0.5, 0.6) is 0 Å². The Hall–Kier alpha value is 1.13. The molecule has 0 amide bonds. The summed E-state index contributed by atoms with van der Waals surface area (Å²) < 4.78 is 0. The van der Waals surface area contributed by atoms with Crippen molar-refractivity contribution in [1.29, 1.82) is 0 Å². The van der Waals surface area contributed by atoms with Gasteiger partial charge in [0.15, 0.2) is 0 Å². The van der Waals surface area contributed by atoms with Crippen molar-refractivity contribution in [3.63, 3.8) is 0 Å². The summed E-state index contributed by atoms with van der Waals surface area (Å²) in [6.45, 7) is 15.0. The monoisotopic (exact) mass is 219 g/mol. The second-order valence-electron chi connectivity index (χ2n) is 0. The van der Waals surface area contributed by atoms with E-state index in [0.717, 1.165) is 0 Å². The van der Waals surface area contributed by atoms with Crippen molar-refractivity contribution in [1.82, 2.24) is 0 Å². The average Bonchev–Trinajstić information content (AvgIpc) is 1.81. The maximum atomic E-state index is 3.25. The SMILES string of the molecule is Cl.[CH2-]C.[CH2-]C.[CH2-]C.[SiH4].[Zn]. The van der Waals surface area contributed by atoms with E-state index < -0.39 is 0 Å². The second-order valence-corrected chi connectivity index (χ2v) is 0. The van der Waals surface area contributed by atoms with Crippen LogP contribution in [-0.2, 0) is 19.5 Å². The Bertz CT molecular complexity index is 13.0. The first kappa shape index (κ1) is 49.5.